The fourth-order valence-corrected chi connectivity index (χ4v) is 3.70. The quantitative estimate of drug-likeness (QED) is 0.474. The highest BCUT2D eigenvalue weighted by molar-refractivity contribution is 7.09. The molecule has 1 fully saturated rings. The first kappa shape index (κ1) is 26.4. The summed E-state index contributed by atoms with van der Waals surface area (Å²) < 4.78 is 77.2. The fourth-order valence-electron chi connectivity index (χ4n) is 3.03. The summed E-state index contributed by atoms with van der Waals surface area (Å²) in [6.45, 7) is 1.15. The lowest BCUT2D eigenvalue weighted by molar-refractivity contribution is -0.173. The van der Waals surface area contributed by atoms with Crippen molar-refractivity contribution in [1.82, 2.24) is 20.9 Å². The second kappa shape index (κ2) is 10.4. The molecule has 1 aliphatic heterocycles. The largest absolute Gasteiger partial charge is 0.443 e. The lowest BCUT2D eigenvalue weighted by Crippen LogP contribution is -2.51. The number of aromatic nitrogens is 1. The molecular weight excluding hydrogens is 480 g/mol. The third-order valence-corrected chi connectivity index (χ3v) is 5.79. The maximum atomic E-state index is 13.0. The average Bonchev–Trinajstić information content (AvgIpc) is 3.35. The van der Waals surface area contributed by atoms with E-state index >= 15 is 0 Å². The van der Waals surface area contributed by atoms with Crippen LogP contribution < -0.4 is 16.0 Å². The van der Waals surface area contributed by atoms with Crippen LogP contribution in [-0.4, -0.2) is 47.5 Å². The number of carbonyl (C=O) groups excluding carboxylic acids is 3. The third-order valence-electron chi connectivity index (χ3n) is 4.90. The van der Waals surface area contributed by atoms with Crippen LogP contribution in [0.3, 0.4) is 0 Å². The molecule has 4 atom stereocenters. The first-order valence-corrected chi connectivity index (χ1v) is 10.5. The molecule has 15 heteroatoms. The maximum Gasteiger partial charge on any atom is 0.443 e. The molecule has 0 aliphatic carbocycles. The van der Waals surface area contributed by atoms with E-state index in [1.807, 2.05) is 5.32 Å². The number of alkyl halides is 6. The molecule has 0 spiro atoms. The molecule has 0 bridgehead atoms. The first-order valence-electron chi connectivity index (χ1n) is 9.60. The smallest absolute Gasteiger partial charge is 0.356 e. The van der Waals surface area contributed by atoms with E-state index in [4.69, 9.17) is 0 Å². The summed E-state index contributed by atoms with van der Waals surface area (Å²) >= 11 is 0.112. The van der Waals surface area contributed by atoms with Crippen molar-refractivity contribution >= 4 is 29.1 Å². The molecule has 3 N–H and O–H groups in total. The lowest BCUT2D eigenvalue weighted by atomic mass is 9.97. The number of thiazole rings is 1. The van der Waals surface area contributed by atoms with E-state index in [2.05, 4.69) is 15.6 Å². The van der Waals surface area contributed by atoms with Crippen molar-refractivity contribution in [1.29, 1.82) is 5.26 Å². The summed E-state index contributed by atoms with van der Waals surface area (Å²) in [6, 6.07) is -1.31. The number of carbonyl (C=O) groups is 3. The van der Waals surface area contributed by atoms with Crippen LogP contribution in [0.4, 0.5) is 26.3 Å². The Hall–Kier alpha value is -2.89. The number of amides is 3. The summed E-state index contributed by atoms with van der Waals surface area (Å²) in [7, 11) is 0. The second-order valence-electron chi connectivity index (χ2n) is 7.44. The molecule has 8 nitrogen and oxygen atoms in total. The van der Waals surface area contributed by atoms with Crippen LogP contribution in [0.2, 0.25) is 0 Å². The zero-order valence-corrected chi connectivity index (χ0v) is 17.8. The number of nitrogens with zero attached hydrogens (tertiary/aromatic N) is 2. The van der Waals surface area contributed by atoms with Crippen molar-refractivity contribution in [3.05, 3.63) is 16.1 Å². The van der Waals surface area contributed by atoms with E-state index in [9.17, 15) is 46.0 Å². The van der Waals surface area contributed by atoms with Gasteiger partial charge in [-0.3, -0.25) is 14.4 Å². The highest BCUT2D eigenvalue weighted by atomic mass is 32.1. The van der Waals surface area contributed by atoms with Gasteiger partial charge in [0, 0.05) is 17.8 Å². The van der Waals surface area contributed by atoms with Gasteiger partial charge in [0.15, 0.2) is 5.01 Å². The topological polar surface area (TPSA) is 124 Å². The number of hydrogen-bond acceptors (Lipinski definition) is 6. The number of nitrogens with one attached hydrogen (secondary N) is 3. The molecule has 0 radical (unpaired) electrons. The summed E-state index contributed by atoms with van der Waals surface area (Å²) in [6.07, 6.45) is -10.2. The maximum absolute atomic E-state index is 13.0. The predicted octanol–water partition coefficient (Wildman–Crippen LogP) is 2.38. The van der Waals surface area contributed by atoms with Gasteiger partial charge in [-0.25, -0.2) is 4.98 Å². The van der Waals surface area contributed by atoms with Gasteiger partial charge in [-0.2, -0.15) is 31.6 Å². The second-order valence-corrected chi connectivity index (χ2v) is 8.30. The van der Waals surface area contributed by atoms with Crippen LogP contribution in [0, 0.1) is 23.2 Å². The number of rotatable bonds is 8. The van der Waals surface area contributed by atoms with Crippen molar-refractivity contribution < 1.29 is 40.7 Å². The Morgan fingerprint density at radius 2 is 1.97 bits per heavy atom. The molecule has 2 rings (SSSR count). The zero-order chi connectivity index (χ0) is 25.0. The van der Waals surface area contributed by atoms with Crippen molar-refractivity contribution in [2.75, 3.05) is 6.54 Å². The molecule has 1 saturated heterocycles. The first-order chi connectivity index (χ1) is 15.2. The molecule has 0 saturated carbocycles. The van der Waals surface area contributed by atoms with Crippen LogP contribution in [0.15, 0.2) is 5.38 Å². The van der Waals surface area contributed by atoms with Crippen LogP contribution >= 0.6 is 11.3 Å². The van der Waals surface area contributed by atoms with E-state index < -0.39 is 65.2 Å². The van der Waals surface area contributed by atoms with Gasteiger partial charge in [0.25, 0.3) is 5.91 Å². The summed E-state index contributed by atoms with van der Waals surface area (Å²) in [5, 5.41) is 15.4. The van der Waals surface area contributed by atoms with Crippen molar-refractivity contribution in [2.45, 2.75) is 50.6 Å². The number of halogens is 6. The number of hydrogen-bond donors (Lipinski definition) is 3. The van der Waals surface area contributed by atoms with Crippen LogP contribution in [-0.2, 0) is 15.8 Å². The highest BCUT2D eigenvalue weighted by Crippen LogP contribution is 2.32. The van der Waals surface area contributed by atoms with Gasteiger partial charge in [0.05, 0.1) is 12.0 Å². The van der Waals surface area contributed by atoms with E-state index in [1.165, 1.54) is 0 Å². The summed E-state index contributed by atoms with van der Waals surface area (Å²) in [5.41, 5.74) is -0.718. The minimum Gasteiger partial charge on any atom is -0.356 e. The van der Waals surface area contributed by atoms with Crippen molar-refractivity contribution in [3.63, 3.8) is 0 Å². The molecule has 0 aromatic carbocycles. The molecule has 2 heterocycles. The van der Waals surface area contributed by atoms with Crippen molar-refractivity contribution in [3.8, 4) is 6.07 Å². The normalized spacial score (nSPS) is 19.2. The van der Waals surface area contributed by atoms with E-state index in [0.717, 1.165) is 12.3 Å². The van der Waals surface area contributed by atoms with Crippen LogP contribution in [0.25, 0.3) is 0 Å². The summed E-state index contributed by atoms with van der Waals surface area (Å²) in [5.74, 6) is -5.39. The molecule has 33 heavy (non-hydrogen) atoms. The fraction of sp³-hybridized carbons (Fsp3) is 0.611. The van der Waals surface area contributed by atoms with Gasteiger partial charge >= 0.3 is 12.4 Å². The number of nitriles is 1. The van der Waals surface area contributed by atoms with Gasteiger partial charge in [-0.1, -0.05) is 6.92 Å². The Morgan fingerprint density at radius 3 is 2.45 bits per heavy atom. The van der Waals surface area contributed by atoms with Crippen molar-refractivity contribution in [2.24, 2.45) is 11.8 Å². The zero-order valence-electron chi connectivity index (χ0n) is 17.0. The monoisotopic (exact) mass is 499 g/mol. The SMILES string of the molecule is C[C@H](C[C@H](NC(=O)c1csc(C(F)(F)F)n1)C(=O)N[C@H](C#N)C[C@@H]1CCNC1=O)C(F)(F)F. The average molecular weight is 499 g/mol. The Labute approximate surface area is 187 Å². The molecule has 1 aromatic rings. The van der Waals surface area contributed by atoms with Gasteiger partial charge in [-0.05, 0) is 19.3 Å². The van der Waals surface area contributed by atoms with Gasteiger partial charge in [-0.15, -0.1) is 11.3 Å². The molecule has 182 valence electrons. The molecule has 1 aromatic heterocycles. The van der Waals surface area contributed by atoms with Crippen LogP contribution in [0.5, 0.6) is 0 Å². The molecule has 3 amide bonds. The third kappa shape index (κ3) is 7.31. The van der Waals surface area contributed by atoms with Gasteiger partial charge < -0.3 is 16.0 Å². The predicted molar refractivity (Wildman–Crippen MR) is 101 cm³/mol. The lowest BCUT2D eigenvalue weighted by Gasteiger charge is -2.24. The van der Waals surface area contributed by atoms with E-state index in [-0.39, 0.29) is 23.7 Å². The Morgan fingerprint density at radius 1 is 1.30 bits per heavy atom. The van der Waals surface area contributed by atoms with Crippen LogP contribution in [0.1, 0.15) is 41.7 Å². The summed E-state index contributed by atoms with van der Waals surface area (Å²) in [4.78, 5) is 39.7. The Balaban J connectivity index is 2.15. The van der Waals surface area contributed by atoms with E-state index in [1.54, 1.807) is 6.07 Å². The molecule has 1 aliphatic rings. The molecular formula is C18H19F6N5O3S. The highest BCUT2D eigenvalue weighted by Gasteiger charge is 2.40. The molecule has 0 unspecified atom stereocenters. The Kier molecular flexibility index (Phi) is 8.28. The Bertz CT molecular complexity index is 926. The minimum absolute atomic E-state index is 0.0927. The van der Waals surface area contributed by atoms with E-state index in [0.29, 0.717) is 13.0 Å². The standard InChI is InChI=1S/C18H19F6N5O3S/c1-8(17(19,20)21)4-11(28-15(32)12-7-33-16(29-12)18(22,23)24)14(31)27-10(6-25)5-9-2-3-26-13(9)30/h7-11H,2-5H2,1H3,(H,26,30)(H,27,31)(H,28,32)/t8-,9+,10+,11+/m1/s1. The minimum atomic E-state index is -4.82. The van der Waals surface area contributed by atoms with Gasteiger partial charge in [0.2, 0.25) is 11.8 Å². The van der Waals surface area contributed by atoms with Gasteiger partial charge in [0.1, 0.15) is 17.8 Å².